The van der Waals surface area contributed by atoms with Crippen LogP contribution in [0, 0.1) is 5.92 Å². The maximum atomic E-state index is 5.26. The van der Waals surface area contributed by atoms with E-state index in [0.29, 0.717) is 0 Å². The molecule has 1 heterocycles. The van der Waals surface area contributed by atoms with Crippen LogP contribution in [0.5, 0.6) is 0 Å². The zero-order valence-corrected chi connectivity index (χ0v) is 10.0. The smallest absolute Gasteiger partial charge is 0.0789 e. The van der Waals surface area contributed by atoms with E-state index in [-0.39, 0.29) is 6.10 Å². The Kier molecular flexibility index (Phi) is 4.57. The highest BCUT2D eigenvalue weighted by atomic mass is 16.5. The van der Waals surface area contributed by atoms with Gasteiger partial charge < -0.3 is 15.4 Å². The second-order valence-corrected chi connectivity index (χ2v) is 4.63. The third-order valence-corrected chi connectivity index (χ3v) is 3.33. The molecule has 90 valence electrons. The second-order valence-electron chi connectivity index (χ2n) is 4.63. The average Bonchev–Trinajstić information content (AvgIpc) is 2.27. The Morgan fingerprint density at radius 3 is 2.94 bits per heavy atom. The van der Waals surface area contributed by atoms with Crippen LogP contribution in [0.2, 0.25) is 0 Å². The van der Waals surface area contributed by atoms with Crippen molar-refractivity contribution in [3.8, 4) is 0 Å². The van der Waals surface area contributed by atoms with Gasteiger partial charge in [0.05, 0.1) is 6.10 Å². The summed E-state index contributed by atoms with van der Waals surface area (Å²) < 4.78 is 5.26. The monoisotopic (exact) mass is 222 g/mol. The lowest BCUT2D eigenvalue weighted by atomic mass is 10.0. The van der Waals surface area contributed by atoms with Gasteiger partial charge in [0.2, 0.25) is 0 Å². The molecule has 0 radical (unpaired) electrons. The molecule has 1 aliphatic carbocycles. The summed E-state index contributed by atoms with van der Waals surface area (Å²) in [4.78, 5) is 0. The molecule has 2 aliphatic rings. The maximum Gasteiger partial charge on any atom is 0.0789 e. The Morgan fingerprint density at radius 2 is 2.38 bits per heavy atom. The number of allylic oxidation sites excluding steroid dienone is 1. The van der Waals surface area contributed by atoms with Crippen molar-refractivity contribution in [3.63, 3.8) is 0 Å². The first kappa shape index (κ1) is 11.8. The first-order chi connectivity index (χ1) is 7.88. The summed E-state index contributed by atoms with van der Waals surface area (Å²) in [6.07, 6.45) is 9.09. The van der Waals surface area contributed by atoms with Gasteiger partial charge in [0.1, 0.15) is 0 Å². The van der Waals surface area contributed by atoms with E-state index in [1.165, 1.54) is 18.7 Å². The molecule has 2 rings (SSSR count). The molecule has 0 aromatic carbocycles. The van der Waals surface area contributed by atoms with Gasteiger partial charge in [0, 0.05) is 26.7 Å². The Hall–Kier alpha value is -0.640. The summed E-state index contributed by atoms with van der Waals surface area (Å²) in [5, 5.41) is 6.80. The van der Waals surface area contributed by atoms with E-state index >= 15 is 0 Å². The van der Waals surface area contributed by atoms with E-state index in [2.05, 4.69) is 28.9 Å². The summed E-state index contributed by atoms with van der Waals surface area (Å²) in [5.41, 5.74) is 1.44. The lowest BCUT2D eigenvalue weighted by molar-refractivity contribution is 0.142. The molecule has 1 aliphatic heterocycles. The number of rotatable bonds is 6. The molecule has 1 saturated heterocycles. The van der Waals surface area contributed by atoms with E-state index in [4.69, 9.17) is 4.74 Å². The number of ether oxygens (including phenoxy) is 1. The van der Waals surface area contributed by atoms with Crippen molar-refractivity contribution in [2.75, 3.05) is 33.3 Å². The molecule has 1 fully saturated rings. The molecule has 0 aromatic heterocycles. The van der Waals surface area contributed by atoms with Crippen LogP contribution in [-0.4, -0.2) is 39.4 Å². The Morgan fingerprint density at radius 1 is 1.50 bits per heavy atom. The van der Waals surface area contributed by atoms with Crippen molar-refractivity contribution in [3.05, 3.63) is 23.8 Å². The van der Waals surface area contributed by atoms with Gasteiger partial charge >= 0.3 is 0 Å². The maximum absolute atomic E-state index is 5.26. The van der Waals surface area contributed by atoms with Crippen LogP contribution < -0.4 is 10.6 Å². The average molecular weight is 222 g/mol. The highest BCUT2D eigenvalue weighted by Gasteiger charge is 2.15. The number of nitrogens with one attached hydrogen (secondary N) is 2. The van der Waals surface area contributed by atoms with Crippen LogP contribution in [0.25, 0.3) is 0 Å². The fourth-order valence-electron chi connectivity index (χ4n) is 2.04. The molecule has 3 heteroatoms. The van der Waals surface area contributed by atoms with Crippen LogP contribution in [0.15, 0.2) is 23.8 Å². The molecule has 0 bridgehead atoms. The van der Waals surface area contributed by atoms with Crippen LogP contribution in [0.4, 0.5) is 0 Å². The fourth-order valence-corrected chi connectivity index (χ4v) is 2.04. The number of hydrogen-bond acceptors (Lipinski definition) is 3. The molecule has 0 spiro atoms. The second kappa shape index (κ2) is 6.18. The molecule has 0 aromatic rings. The standard InChI is InChI=1S/C13H22N2O/c1-16-13-4-2-11(3-5-13)6-7-14-8-12-9-15-10-12/h2-4,12-15H,5-10H2,1H3. The zero-order valence-electron chi connectivity index (χ0n) is 10.0. The van der Waals surface area contributed by atoms with E-state index in [1.807, 2.05) is 0 Å². The molecule has 1 unspecified atom stereocenters. The minimum atomic E-state index is 0.290. The van der Waals surface area contributed by atoms with Crippen LogP contribution in [0.3, 0.4) is 0 Å². The lowest BCUT2D eigenvalue weighted by Gasteiger charge is -2.27. The fraction of sp³-hybridized carbons (Fsp3) is 0.692. The van der Waals surface area contributed by atoms with Crippen LogP contribution in [-0.2, 0) is 4.74 Å². The van der Waals surface area contributed by atoms with Crippen molar-refractivity contribution in [1.29, 1.82) is 0 Å². The summed E-state index contributed by atoms with van der Waals surface area (Å²) in [7, 11) is 1.77. The van der Waals surface area contributed by atoms with E-state index in [9.17, 15) is 0 Å². The van der Waals surface area contributed by atoms with E-state index in [1.54, 1.807) is 7.11 Å². The van der Waals surface area contributed by atoms with Crippen LogP contribution >= 0.6 is 0 Å². The van der Waals surface area contributed by atoms with Gasteiger partial charge in [-0.25, -0.2) is 0 Å². The predicted molar refractivity (Wildman–Crippen MR) is 66.5 cm³/mol. The molecular weight excluding hydrogens is 200 g/mol. The van der Waals surface area contributed by atoms with Gasteiger partial charge in [-0.3, -0.25) is 0 Å². The molecule has 2 N–H and O–H groups in total. The van der Waals surface area contributed by atoms with Gasteiger partial charge in [0.25, 0.3) is 0 Å². The third-order valence-electron chi connectivity index (χ3n) is 3.33. The summed E-state index contributed by atoms with van der Waals surface area (Å²) in [6, 6.07) is 0. The quantitative estimate of drug-likeness (QED) is 0.660. The van der Waals surface area contributed by atoms with Crippen molar-refractivity contribution in [1.82, 2.24) is 10.6 Å². The minimum Gasteiger partial charge on any atom is -0.377 e. The van der Waals surface area contributed by atoms with E-state index in [0.717, 1.165) is 31.8 Å². The van der Waals surface area contributed by atoms with E-state index < -0.39 is 0 Å². The van der Waals surface area contributed by atoms with Crippen molar-refractivity contribution in [2.24, 2.45) is 5.92 Å². The van der Waals surface area contributed by atoms with Gasteiger partial charge in [-0.1, -0.05) is 23.8 Å². The predicted octanol–water partition coefficient (Wildman–Crippen LogP) is 1.09. The van der Waals surface area contributed by atoms with Gasteiger partial charge in [-0.2, -0.15) is 0 Å². The Balaban J connectivity index is 1.56. The summed E-state index contributed by atoms with van der Waals surface area (Å²) in [6.45, 7) is 4.62. The molecule has 0 amide bonds. The first-order valence-corrected chi connectivity index (χ1v) is 6.20. The largest absolute Gasteiger partial charge is 0.377 e. The minimum absolute atomic E-state index is 0.290. The summed E-state index contributed by atoms with van der Waals surface area (Å²) >= 11 is 0. The highest BCUT2D eigenvalue weighted by Crippen LogP contribution is 2.14. The Labute approximate surface area is 97.9 Å². The van der Waals surface area contributed by atoms with Gasteiger partial charge in [0.15, 0.2) is 0 Å². The molecule has 0 saturated carbocycles. The number of methoxy groups -OCH3 is 1. The van der Waals surface area contributed by atoms with Crippen molar-refractivity contribution < 1.29 is 4.74 Å². The SMILES string of the molecule is COC1C=CC(CCNCC2CNC2)=CC1. The molecule has 3 nitrogen and oxygen atoms in total. The third kappa shape index (κ3) is 3.44. The lowest BCUT2D eigenvalue weighted by Crippen LogP contribution is -2.47. The van der Waals surface area contributed by atoms with Gasteiger partial charge in [-0.05, 0) is 25.3 Å². The molecule has 1 atom stereocenters. The number of hydrogen-bond donors (Lipinski definition) is 2. The van der Waals surface area contributed by atoms with Crippen molar-refractivity contribution >= 4 is 0 Å². The van der Waals surface area contributed by atoms with Crippen molar-refractivity contribution in [2.45, 2.75) is 18.9 Å². The Bertz CT molecular complexity index is 269. The molecular formula is C13H22N2O. The highest BCUT2D eigenvalue weighted by molar-refractivity contribution is 5.24. The molecule has 16 heavy (non-hydrogen) atoms. The van der Waals surface area contributed by atoms with Crippen LogP contribution in [0.1, 0.15) is 12.8 Å². The van der Waals surface area contributed by atoms with Gasteiger partial charge in [-0.15, -0.1) is 0 Å². The normalized spacial score (nSPS) is 25.3. The first-order valence-electron chi connectivity index (χ1n) is 6.20. The topological polar surface area (TPSA) is 33.3 Å². The zero-order chi connectivity index (χ0) is 11.2. The summed E-state index contributed by atoms with van der Waals surface area (Å²) in [5.74, 6) is 0.855.